The molecule has 0 aliphatic heterocycles. The van der Waals surface area contributed by atoms with Crippen LogP contribution in [0.5, 0.6) is 5.75 Å². The fourth-order valence-corrected chi connectivity index (χ4v) is 2.10. The van der Waals surface area contributed by atoms with Gasteiger partial charge in [-0.1, -0.05) is 18.2 Å². The molecule has 0 bridgehead atoms. The zero-order valence-corrected chi connectivity index (χ0v) is 11.8. The molecule has 1 N–H and O–H groups in total. The minimum Gasteiger partial charge on any atom is -0.497 e. The highest BCUT2D eigenvalue weighted by Crippen LogP contribution is 2.51. The van der Waals surface area contributed by atoms with E-state index in [1.807, 2.05) is 0 Å². The largest absolute Gasteiger partial charge is 0.497 e. The second kappa shape index (κ2) is 5.77. The summed E-state index contributed by atoms with van der Waals surface area (Å²) in [4.78, 5) is 3.49. The maximum Gasteiger partial charge on any atom is 0.457 e. The third-order valence-electron chi connectivity index (χ3n) is 3.35. The van der Waals surface area contributed by atoms with E-state index >= 15 is 0 Å². The SMILES string of the molecule is COc1ccc(C(O)(c2ccccn2)C(F)(F)C(F)(F)F)cc1. The average molecular weight is 333 g/mol. The van der Waals surface area contributed by atoms with E-state index in [2.05, 4.69) is 4.98 Å². The molecule has 0 aliphatic carbocycles. The molecular formula is C15H12F5NO2. The summed E-state index contributed by atoms with van der Waals surface area (Å²) >= 11 is 0. The van der Waals surface area contributed by atoms with Crippen LogP contribution in [0.2, 0.25) is 0 Å². The van der Waals surface area contributed by atoms with Gasteiger partial charge in [0.2, 0.25) is 5.60 Å². The molecule has 1 aromatic carbocycles. The molecule has 0 spiro atoms. The molecule has 0 saturated heterocycles. The van der Waals surface area contributed by atoms with E-state index in [1.54, 1.807) is 0 Å². The van der Waals surface area contributed by atoms with Crippen LogP contribution in [0.4, 0.5) is 22.0 Å². The Morgan fingerprint density at radius 3 is 2.00 bits per heavy atom. The quantitative estimate of drug-likeness (QED) is 0.871. The van der Waals surface area contributed by atoms with Crippen molar-refractivity contribution < 1.29 is 31.8 Å². The van der Waals surface area contributed by atoms with Crippen LogP contribution in [0.3, 0.4) is 0 Å². The highest BCUT2D eigenvalue weighted by Gasteiger charge is 2.71. The van der Waals surface area contributed by atoms with Crippen LogP contribution in [0.15, 0.2) is 48.7 Å². The zero-order chi connectivity index (χ0) is 17.3. The predicted octanol–water partition coefficient (Wildman–Crippen LogP) is 3.52. The minimum atomic E-state index is -5.97. The lowest BCUT2D eigenvalue weighted by Gasteiger charge is -2.36. The lowest BCUT2D eigenvalue weighted by Crippen LogP contribution is -2.56. The fraction of sp³-hybridized carbons (Fsp3) is 0.267. The number of benzene rings is 1. The summed E-state index contributed by atoms with van der Waals surface area (Å²) in [6, 6.07) is 7.68. The van der Waals surface area contributed by atoms with Gasteiger partial charge in [0.05, 0.1) is 12.8 Å². The summed E-state index contributed by atoms with van der Waals surface area (Å²) in [6.07, 6.45) is -4.95. The lowest BCUT2D eigenvalue weighted by molar-refractivity contribution is -0.337. The third-order valence-corrected chi connectivity index (χ3v) is 3.35. The molecule has 0 saturated carbocycles. The van der Waals surface area contributed by atoms with Crippen molar-refractivity contribution in [2.24, 2.45) is 0 Å². The number of nitrogens with zero attached hydrogens (tertiary/aromatic N) is 1. The predicted molar refractivity (Wildman–Crippen MR) is 71.2 cm³/mol. The highest BCUT2D eigenvalue weighted by atomic mass is 19.4. The molecule has 3 nitrogen and oxygen atoms in total. The Morgan fingerprint density at radius 2 is 1.57 bits per heavy atom. The van der Waals surface area contributed by atoms with Gasteiger partial charge in [0.25, 0.3) is 0 Å². The first-order valence-corrected chi connectivity index (χ1v) is 6.37. The van der Waals surface area contributed by atoms with E-state index in [0.717, 1.165) is 24.4 Å². The van der Waals surface area contributed by atoms with Gasteiger partial charge in [-0.05, 0) is 29.8 Å². The number of rotatable bonds is 4. The van der Waals surface area contributed by atoms with Crippen LogP contribution in [-0.2, 0) is 5.60 Å². The second-order valence-electron chi connectivity index (χ2n) is 4.73. The molecule has 2 rings (SSSR count). The molecule has 1 aromatic heterocycles. The molecular weight excluding hydrogens is 321 g/mol. The number of alkyl halides is 5. The molecule has 0 fully saturated rings. The summed E-state index contributed by atoms with van der Waals surface area (Å²) < 4.78 is 71.7. The Morgan fingerprint density at radius 1 is 0.957 bits per heavy atom. The minimum absolute atomic E-state index is 0.243. The van der Waals surface area contributed by atoms with Crippen LogP contribution >= 0.6 is 0 Å². The van der Waals surface area contributed by atoms with Crippen molar-refractivity contribution in [1.29, 1.82) is 0 Å². The number of aromatic nitrogens is 1. The van der Waals surface area contributed by atoms with Gasteiger partial charge in [0, 0.05) is 6.20 Å². The standard InChI is InChI=1S/C15H12F5NO2/c1-23-11-7-5-10(6-8-11)13(22,12-4-2-3-9-21-12)14(16,17)15(18,19)20/h2-9,22H,1H3. The van der Waals surface area contributed by atoms with Crippen LogP contribution in [0, 0.1) is 0 Å². The highest BCUT2D eigenvalue weighted by molar-refractivity contribution is 5.39. The van der Waals surface area contributed by atoms with Gasteiger partial charge in [0.15, 0.2) is 0 Å². The van der Waals surface area contributed by atoms with E-state index < -0.39 is 29.0 Å². The number of aliphatic hydroxyl groups is 1. The Bertz CT molecular complexity index is 658. The number of halogens is 5. The third kappa shape index (κ3) is 2.74. The number of hydrogen-bond acceptors (Lipinski definition) is 3. The smallest absolute Gasteiger partial charge is 0.457 e. The molecule has 0 radical (unpaired) electrons. The van der Waals surface area contributed by atoms with E-state index in [0.29, 0.717) is 0 Å². The molecule has 1 atom stereocenters. The first-order valence-electron chi connectivity index (χ1n) is 6.37. The monoisotopic (exact) mass is 333 g/mol. The van der Waals surface area contributed by atoms with Crippen LogP contribution in [0.1, 0.15) is 11.3 Å². The van der Waals surface area contributed by atoms with Crippen molar-refractivity contribution >= 4 is 0 Å². The van der Waals surface area contributed by atoms with E-state index in [1.165, 1.54) is 31.4 Å². The van der Waals surface area contributed by atoms with Gasteiger partial charge < -0.3 is 9.84 Å². The van der Waals surface area contributed by atoms with Gasteiger partial charge in [-0.15, -0.1) is 0 Å². The zero-order valence-electron chi connectivity index (χ0n) is 11.8. The molecule has 8 heteroatoms. The van der Waals surface area contributed by atoms with Crippen LogP contribution in [0.25, 0.3) is 0 Å². The van der Waals surface area contributed by atoms with Crippen LogP contribution < -0.4 is 4.74 Å². The van der Waals surface area contributed by atoms with Crippen molar-refractivity contribution in [2.45, 2.75) is 17.7 Å². The van der Waals surface area contributed by atoms with Gasteiger partial charge in [-0.2, -0.15) is 22.0 Å². The number of hydrogen-bond donors (Lipinski definition) is 1. The Labute approximate surface area is 128 Å². The van der Waals surface area contributed by atoms with Crippen molar-refractivity contribution in [3.05, 3.63) is 59.9 Å². The van der Waals surface area contributed by atoms with Crippen molar-refractivity contribution in [2.75, 3.05) is 7.11 Å². The average Bonchev–Trinajstić information content (AvgIpc) is 2.53. The maximum absolute atomic E-state index is 14.1. The molecule has 2 aromatic rings. The summed E-state index contributed by atoms with van der Waals surface area (Å²) in [5, 5.41) is 10.4. The van der Waals surface area contributed by atoms with Gasteiger partial charge >= 0.3 is 12.1 Å². The van der Waals surface area contributed by atoms with Crippen LogP contribution in [-0.4, -0.2) is 29.3 Å². The first kappa shape index (κ1) is 17.1. The van der Waals surface area contributed by atoms with E-state index in [-0.39, 0.29) is 5.75 Å². The summed E-state index contributed by atoms with van der Waals surface area (Å²) in [7, 11) is 1.31. The molecule has 0 amide bonds. The first-order chi connectivity index (χ1) is 10.6. The molecule has 1 unspecified atom stereocenters. The van der Waals surface area contributed by atoms with Gasteiger partial charge in [-0.25, -0.2) is 0 Å². The molecule has 124 valence electrons. The van der Waals surface area contributed by atoms with Gasteiger partial charge in [-0.3, -0.25) is 4.98 Å². The molecule has 23 heavy (non-hydrogen) atoms. The second-order valence-corrected chi connectivity index (χ2v) is 4.73. The maximum atomic E-state index is 14.1. The Balaban J connectivity index is 2.70. The number of ether oxygens (including phenoxy) is 1. The summed E-state index contributed by atoms with van der Waals surface area (Å²) in [5.74, 6) is -5.21. The topological polar surface area (TPSA) is 42.4 Å². The van der Waals surface area contributed by atoms with Crippen molar-refractivity contribution in [3.8, 4) is 5.75 Å². The number of pyridine rings is 1. The van der Waals surface area contributed by atoms with E-state index in [4.69, 9.17) is 4.74 Å². The van der Waals surface area contributed by atoms with Crippen molar-refractivity contribution in [3.63, 3.8) is 0 Å². The summed E-state index contributed by atoms with van der Waals surface area (Å²) in [5.41, 5.74) is -5.13. The molecule has 0 aliphatic rings. The lowest BCUT2D eigenvalue weighted by atomic mass is 9.83. The molecule has 1 heterocycles. The fourth-order valence-electron chi connectivity index (χ4n) is 2.10. The summed E-state index contributed by atoms with van der Waals surface area (Å²) in [6.45, 7) is 0. The van der Waals surface area contributed by atoms with Crippen molar-refractivity contribution in [1.82, 2.24) is 4.98 Å². The number of methoxy groups -OCH3 is 1. The Kier molecular flexibility index (Phi) is 4.30. The Hall–Kier alpha value is -2.22. The van der Waals surface area contributed by atoms with Gasteiger partial charge in [0.1, 0.15) is 5.75 Å². The normalized spacial score (nSPS) is 15.1. The van der Waals surface area contributed by atoms with E-state index in [9.17, 15) is 27.1 Å².